The molecule has 1 heterocycles. The summed E-state index contributed by atoms with van der Waals surface area (Å²) in [5, 5.41) is 1.13. The summed E-state index contributed by atoms with van der Waals surface area (Å²) in [5.41, 5.74) is 2.49. The maximum Gasteiger partial charge on any atom is 0.273 e. The van der Waals surface area contributed by atoms with Crippen LogP contribution in [0.15, 0.2) is 102 Å². The molecule has 6 nitrogen and oxygen atoms in total. The average Bonchev–Trinajstić information content (AvgIpc) is 2.87. The van der Waals surface area contributed by atoms with Gasteiger partial charge in [0.1, 0.15) is 11.4 Å². The molecule has 4 aromatic carbocycles. The molecule has 0 radical (unpaired) electrons. The topological polar surface area (TPSA) is 76.6 Å². The normalized spacial score (nSPS) is 11.5. The zero-order valence-corrected chi connectivity index (χ0v) is 20.0. The first-order valence-corrected chi connectivity index (χ1v) is 12.4. The number of carbonyl (C=O) groups excluding carboxylic acids is 1. The number of aromatic nitrogens is 1. The van der Waals surface area contributed by atoms with Crippen LogP contribution in [0.1, 0.15) is 15.9 Å². The van der Waals surface area contributed by atoms with E-state index in [4.69, 9.17) is 4.74 Å². The van der Waals surface area contributed by atoms with Gasteiger partial charge in [-0.25, -0.2) is 13.4 Å². The van der Waals surface area contributed by atoms with Gasteiger partial charge in [-0.1, -0.05) is 66.2 Å². The van der Waals surface area contributed by atoms with Crippen LogP contribution in [0.25, 0.3) is 21.8 Å². The van der Waals surface area contributed by atoms with Crippen molar-refractivity contribution < 1.29 is 17.9 Å². The van der Waals surface area contributed by atoms with E-state index < -0.39 is 15.9 Å². The summed E-state index contributed by atoms with van der Waals surface area (Å²) in [6.07, 6.45) is 0. The Bertz CT molecular complexity index is 1630. The highest BCUT2D eigenvalue weighted by Crippen LogP contribution is 2.36. The number of rotatable bonds is 5. The van der Waals surface area contributed by atoms with Crippen molar-refractivity contribution >= 4 is 43.4 Å². The van der Waals surface area contributed by atoms with Crippen molar-refractivity contribution in [3.63, 3.8) is 0 Å². The Morgan fingerprint density at radius 1 is 0.771 bits per heavy atom. The molecule has 35 heavy (non-hydrogen) atoms. The zero-order valence-electron chi connectivity index (χ0n) is 19.2. The number of nitrogens with zero attached hydrogens (tertiary/aromatic N) is 2. The Labute approximate surface area is 203 Å². The van der Waals surface area contributed by atoms with Gasteiger partial charge in [-0.2, -0.15) is 4.31 Å². The fourth-order valence-corrected chi connectivity index (χ4v) is 5.54. The summed E-state index contributed by atoms with van der Waals surface area (Å²) >= 11 is 0. The lowest BCUT2D eigenvalue weighted by Crippen LogP contribution is -2.37. The van der Waals surface area contributed by atoms with Gasteiger partial charge in [0.2, 0.25) is 0 Å². The molecule has 0 atom stereocenters. The summed E-state index contributed by atoms with van der Waals surface area (Å²) < 4.78 is 34.4. The second kappa shape index (κ2) is 8.85. The number of anilines is 1. The van der Waals surface area contributed by atoms with E-state index in [0.717, 1.165) is 9.87 Å². The van der Waals surface area contributed by atoms with Gasteiger partial charge in [0, 0.05) is 10.8 Å². The molecular formula is C28H22N2O4S. The highest BCUT2D eigenvalue weighted by molar-refractivity contribution is 7.93. The third kappa shape index (κ3) is 3.90. The molecule has 174 valence electrons. The van der Waals surface area contributed by atoms with E-state index >= 15 is 0 Å². The van der Waals surface area contributed by atoms with Crippen LogP contribution < -0.4 is 9.04 Å². The smallest absolute Gasteiger partial charge is 0.273 e. The van der Waals surface area contributed by atoms with Crippen LogP contribution >= 0.6 is 0 Å². The first kappa shape index (κ1) is 22.6. The van der Waals surface area contributed by atoms with E-state index in [-0.39, 0.29) is 21.9 Å². The monoisotopic (exact) mass is 482 g/mol. The summed E-state index contributed by atoms with van der Waals surface area (Å²) in [6, 6.07) is 27.4. The molecule has 0 aliphatic rings. The van der Waals surface area contributed by atoms with Gasteiger partial charge in [0.05, 0.1) is 28.6 Å². The van der Waals surface area contributed by atoms with E-state index in [1.807, 2.05) is 19.1 Å². The number of para-hydroxylation sites is 4. The van der Waals surface area contributed by atoms with Gasteiger partial charge < -0.3 is 4.74 Å². The third-order valence-electron chi connectivity index (χ3n) is 5.85. The fourth-order valence-electron chi connectivity index (χ4n) is 4.13. The lowest BCUT2D eigenvalue weighted by Gasteiger charge is -2.25. The largest absolute Gasteiger partial charge is 0.495 e. The van der Waals surface area contributed by atoms with Gasteiger partial charge in [0.15, 0.2) is 0 Å². The quantitative estimate of drug-likeness (QED) is 0.299. The Morgan fingerprint density at radius 2 is 1.31 bits per heavy atom. The Hall–Kier alpha value is -4.23. The molecule has 0 unspecified atom stereocenters. The van der Waals surface area contributed by atoms with Gasteiger partial charge in [0.25, 0.3) is 15.9 Å². The van der Waals surface area contributed by atoms with Crippen LogP contribution in [0.5, 0.6) is 5.75 Å². The number of ether oxygens (including phenoxy) is 1. The molecule has 1 amide bonds. The van der Waals surface area contributed by atoms with Crippen LogP contribution in [0.3, 0.4) is 0 Å². The zero-order chi connectivity index (χ0) is 24.6. The predicted molar refractivity (Wildman–Crippen MR) is 137 cm³/mol. The molecule has 0 N–H and O–H groups in total. The van der Waals surface area contributed by atoms with Crippen molar-refractivity contribution in [2.75, 3.05) is 11.4 Å². The minimum atomic E-state index is -4.30. The van der Waals surface area contributed by atoms with Crippen molar-refractivity contribution in [3.8, 4) is 5.75 Å². The number of methoxy groups -OCH3 is 1. The minimum Gasteiger partial charge on any atom is -0.495 e. The molecule has 0 aliphatic carbocycles. The van der Waals surface area contributed by atoms with Crippen LogP contribution in [-0.4, -0.2) is 26.4 Å². The molecular weight excluding hydrogens is 460 g/mol. The van der Waals surface area contributed by atoms with Gasteiger partial charge >= 0.3 is 0 Å². The minimum absolute atomic E-state index is 0.00465. The maximum atomic E-state index is 14.4. The SMILES string of the molecule is COc1ccccc1N(C(=O)c1c2ccccc2nc2ccccc12)S(=O)(=O)c1ccc(C)cc1. The highest BCUT2D eigenvalue weighted by atomic mass is 32.2. The number of benzene rings is 4. The maximum absolute atomic E-state index is 14.4. The highest BCUT2D eigenvalue weighted by Gasteiger charge is 2.35. The summed E-state index contributed by atoms with van der Waals surface area (Å²) in [4.78, 5) is 19.1. The van der Waals surface area contributed by atoms with Crippen molar-refractivity contribution in [3.05, 3.63) is 108 Å². The third-order valence-corrected chi connectivity index (χ3v) is 7.56. The van der Waals surface area contributed by atoms with Crippen LogP contribution in [-0.2, 0) is 10.0 Å². The van der Waals surface area contributed by atoms with Crippen molar-refractivity contribution in [2.24, 2.45) is 0 Å². The lowest BCUT2D eigenvalue weighted by atomic mass is 10.0. The predicted octanol–water partition coefficient (Wildman–Crippen LogP) is 5.74. The fraction of sp³-hybridized carbons (Fsp3) is 0.0714. The molecule has 0 fully saturated rings. The van der Waals surface area contributed by atoms with Crippen LogP contribution in [0, 0.1) is 6.92 Å². The van der Waals surface area contributed by atoms with Gasteiger partial charge in [-0.3, -0.25) is 4.79 Å². The number of aryl methyl sites for hydroxylation is 1. The molecule has 7 heteroatoms. The van der Waals surface area contributed by atoms with Gasteiger partial charge in [-0.05, 0) is 43.3 Å². The standard InChI is InChI=1S/C28H22N2O4S/c1-19-15-17-20(18-16-19)35(32,33)30(25-13-7-8-14-26(25)34-2)28(31)27-21-9-3-5-11-23(21)29-24-12-6-4-10-22(24)27/h3-18H,1-2H3. The molecule has 1 aromatic heterocycles. The number of sulfonamides is 1. The van der Waals surface area contributed by atoms with E-state index in [1.165, 1.54) is 19.2 Å². The van der Waals surface area contributed by atoms with Crippen LogP contribution in [0.4, 0.5) is 5.69 Å². The first-order valence-electron chi connectivity index (χ1n) is 11.0. The summed E-state index contributed by atoms with van der Waals surface area (Å²) in [6.45, 7) is 1.87. The molecule has 0 bridgehead atoms. The molecule has 0 aliphatic heterocycles. The second-order valence-corrected chi connectivity index (χ2v) is 9.87. The summed E-state index contributed by atoms with van der Waals surface area (Å²) in [7, 11) is -2.86. The molecule has 0 saturated heterocycles. The van der Waals surface area contributed by atoms with E-state index in [0.29, 0.717) is 21.8 Å². The average molecular weight is 483 g/mol. The number of hydrogen-bond acceptors (Lipinski definition) is 5. The second-order valence-electron chi connectivity index (χ2n) is 8.08. The van der Waals surface area contributed by atoms with Crippen molar-refractivity contribution in [1.82, 2.24) is 4.98 Å². The van der Waals surface area contributed by atoms with E-state index in [2.05, 4.69) is 4.98 Å². The number of carbonyl (C=O) groups is 1. The molecule has 5 rings (SSSR count). The van der Waals surface area contributed by atoms with Crippen molar-refractivity contribution in [2.45, 2.75) is 11.8 Å². The number of hydrogen-bond donors (Lipinski definition) is 0. The Balaban J connectivity index is 1.84. The molecule has 0 spiro atoms. The van der Waals surface area contributed by atoms with Crippen LogP contribution in [0.2, 0.25) is 0 Å². The number of amides is 1. The van der Waals surface area contributed by atoms with Crippen molar-refractivity contribution in [1.29, 1.82) is 0 Å². The number of fused-ring (bicyclic) bond motifs is 2. The first-order chi connectivity index (χ1) is 16.9. The molecule has 0 saturated carbocycles. The lowest BCUT2D eigenvalue weighted by molar-refractivity contribution is 0.101. The molecule has 5 aromatic rings. The van der Waals surface area contributed by atoms with E-state index in [1.54, 1.807) is 72.8 Å². The Kier molecular flexibility index (Phi) is 5.70. The van der Waals surface area contributed by atoms with Gasteiger partial charge in [-0.15, -0.1) is 0 Å². The summed E-state index contributed by atoms with van der Waals surface area (Å²) in [5.74, 6) is -0.427. The number of pyridine rings is 1. The van der Waals surface area contributed by atoms with E-state index in [9.17, 15) is 13.2 Å². The Morgan fingerprint density at radius 3 is 1.91 bits per heavy atom.